The number of nitrogens with two attached hydrogens (primary N) is 1. The maximum absolute atomic E-state index is 13.0. The molecule has 0 spiro atoms. The van der Waals surface area contributed by atoms with Crippen molar-refractivity contribution in [1.29, 1.82) is 5.26 Å². The molecule has 2 aromatic carbocycles. The summed E-state index contributed by atoms with van der Waals surface area (Å²) in [7, 11) is -2.37. The Balaban J connectivity index is 1.93. The first-order valence-electron chi connectivity index (χ1n) is 7.86. The first kappa shape index (κ1) is 17.4. The Labute approximate surface area is 147 Å². The molecule has 0 radical (unpaired) electrons. The molecule has 130 valence electrons. The Bertz CT molecular complexity index is 907. The van der Waals surface area contributed by atoms with Crippen LogP contribution in [0.4, 0.5) is 0 Å². The van der Waals surface area contributed by atoms with Gasteiger partial charge in [-0.3, -0.25) is 0 Å². The molecule has 2 atom stereocenters. The second-order valence-corrected chi connectivity index (χ2v) is 7.89. The van der Waals surface area contributed by atoms with E-state index in [-0.39, 0.29) is 29.1 Å². The summed E-state index contributed by atoms with van der Waals surface area (Å²) >= 11 is 0. The third-order valence-electron chi connectivity index (χ3n) is 4.47. The molecule has 6 nitrogen and oxygen atoms in total. The number of rotatable bonds is 4. The van der Waals surface area contributed by atoms with Crippen molar-refractivity contribution in [3.8, 4) is 11.8 Å². The van der Waals surface area contributed by atoms with Gasteiger partial charge in [-0.15, -0.1) is 0 Å². The van der Waals surface area contributed by atoms with Crippen LogP contribution >= 0.6 is 0 Å². The predicted molar refractivity (Wildman–Crippen MR) is 93.6 cm³/mol. The zero-order chi connectivity index (χ0) is 18.0. The summed E-state index contributed by atoms with van der Waals surface area (Å²) in [5.41, 5.74) is 7.58. The topological polar surface area (TPSA) is 96.4 Å². The number of ether oxygens (including phenoxy) is 1. The maximum atomic E-state index is 13.0. The summed E-state index contributed by atoms with van der Waals surface area (Å²) in [6.45, 7) is 0.557. The molecule has 1 heterocycles. The Hall–Kier alpha value is -2.40. The molecule has 1 aliphatic heterocycles. The fourth-order valence-electron chi connectivity index (χ4n) is 3.13. The van der Waals surface area contributed by atoms with E-state index >= 15 is 0 Å². The number of benzene rings is 2. The summed E-state index contributed by atoms with van der Waals surface area (Å²) in [4.78, 5) is 0.0508. The Morgan fingerprint density at radius 2 is 1.92 bits per heavy atom. The lowest BCUT2D eigenvalue weighted by Gasteiger charge is -2.18. The fraction of sp³-hybridized carbons (Fsp3) is 0.278. The molecule has 0 aliphatic carbocycles. The minimum absolute atomic E-state index is 0.0508. The van der Waals surface area contributed by atoms with Crippen molar-refractivity contribution in [3.05, 3.63) is 59.7 Å². The van der Waals surface area contributed by atoms with Crippen molar-refractivity contribution in [2.24, 2.45) is 5.73 Å². The largest absolute Gasteiger partial charge is 0.495 e. The van der Waals surface area contributed by atoms with Gasteiger partial charge in [0.2, 0.25) is 10.0 Å². The van der Waals surface area contributed by atoms with Crippen molar-refractivity contribution < 1.29 is 13.2 Å². The summed E-state index contributed by atoms with van der Waals surface area (Å²) in [6.07, 6.45) is 0. The monoisotopic (exact) mass is 357 g/mol. The molecule has 0 amide bonds. The van der Waals surface area contributed by atoms with Gasteiger partial charge in [-0.05, 0) is 23.8 Å². The van der Waals surface area contributed by atoms with Crippen LogP contribution in [-0.4, -0.2) is 39.0 Å². The van der Waals surface area contributed by atoms with Crippen molar-refractivity contribution in [2.75, 3.05) is 20.2 Å². The van der Waals surface area contributed by atoms with E-state index < -0.39 is 10.0 Å². The van der Waals surface area contributed by atoms with Gasteiger partial charge in [-0.25, -0.2) is 8.42 Å². The molecule has 2 N–H and O–H groups in total. The van der Waals surface area contributed by atoms with E-state index in [1.807, 2.05) is 36.4 Å². The van der Waals surface area contributed by atoms with E-state index in [0.717, 1.165) is 5.56 Å². The van der Waals surface area contributed by atoms with Gasteiger partial charge >= 0.3 is 0 Å². The lowest BCUT2D eigenvalue weighted by atomic mass is 9.95. The van der Waals surface area contributed by atoms with Gasteiger partial charge in [0, 0.05) is 25.0 Å². The molecule has 2 aromatic rings. The van der Waals surface area contributed by atoms with Gasteiger partial charge in [0.05, 0.1) is 18.7 Å². The van der Waals surface area contributed by atoms with Crippen molar-refractivity contribution in [1.82, 2.24) is 4.31 Å². The Morgan fingerprint density at radius 1 is 1.20 bits per heavy atom. The number of nitriles is 1. The SMILES string of the molecule is COc1cc(C#N)ccc1S(=O)(=O)N1C[C@@H](N)[C@H](c2ccccc2)C1. The predicted octanol–water partition coefficient (Wildman–Crippen LogP) is 1.68. The lowest BCUT2D eigenvalue weighted by Crippen LogP contribution is -2.32. The van der Waals surface area contributed by atoms with Crippen LogP contribution < -0.4 is 10.5 Å². The number of nitrogens with zero attached hydrogens (tertiary/aromatic N) is 2. The van der Waals surface area contributed by atoms with Gasteiger partial charge in [0.15, 0.2) is 0 Å². The highest BCUT2D eigenvalue weighted by molar-refractivity contribution is 7.89. The summed E-state index contributed by atoms with van der Waals surface area (Å²) in [6, 6.07) is 15.7. The second kappa shape index (κ2) is 6.84. The van der Waals surface area contributed by atoms with Crippen LogP contribution in [-0.2, 0) is 10.0 Å². The molecule has 1 saturated heterocycles. The highest BCUT2D eigenvalue weighted by Crippen LogP contribution is 2.33. The first-order valence-corrected chi connectivity index (χ1v) is 9.30. The van der Waals surface area contributed by atoms with Gasteiger partial charge in [-0.1, -0.05) is 30.3 Å². The molecule has 7 heteroatoms. The zero-order valence-electron chi connectivity index (χ0n) is 13.8. The normalized spacial score (nSPS) is 21.0. The first-order chi connectivity index (χ1) is 12.0. The Kier molecular flexibility index (Phi) is 4.77. The number of hydrogen-bond acceptors (Lipinski definition) is 5. The molecule has 25 heavy (non-hydrogen) atoms. The van der Waals surface area contributed by atoms with Crippen LogP contribution in [0.1, 0.15) is 17.0 Å². The summed E-state index contributed by atoms with van der Waals surface area (Å²) in [5, 5.41) is 8.98. The van der Waals surface area contributed by atoms with Gasteiger partial charge in [0.25, 0.3) is 0 Å². The quantitative estimate of drug-likeness (QED) is 0.898. The zero-order valence-corrected chi connectivity index (χ0v) is 14.6. The van der Waals surface area contributed by atoms with Crippen LogP contribution in [0, 0.1) is 11.3 Å². The van der Waals surface area contributed by atoms with Crippen LogP contribution in [0.15, 0.2) is 53.4 Å². The maximum Gasteiger partial charge on any atom is 0.246 e. The fourth-order valence-corrected chi connectivity index (χ4v) is 4.77. The van der Waals surface area contributed by atoms with Crippen LogP contribution in [0.2, 0.25) is 0 Å². The number of sulfonamides is 1. The van der Waals surface area contributed by atoms with Crippen molar-refractivity contribution in [2.45, 2.75) is 16.9 Å². The summed E-state index contributed by atoms with van der Waals surface area (Å²) < 4.78 is 32.7. The Morgan fingerprint density at radius 3 is 2.56 bits per heavy atom. The van der Waals surface area contributed by atoms with Gasteiger partial charge in [0.1, 0.15) is 10.6 Å². The van der Waals surface area contributed by atoms with E-state index in [2.05, 4.69) is 0 Å². The minimum Gasteiger partial charge on any atom is -0.495 e. The average Bonchev–Trinajstić information content (AvgIpc) is 3.04. The molecule has 3 rings (SSSR count). The van der Waals surface area contributed by atoms with E-state index in [4.69, 9.17) is 15.7 Å². The molecular weight excluding hydrogens is 338 g/mol. The molecule has 0 unspecified atom stereocenters. The minimum atomic E-state index is -3.76. The van der Waals surface area contributed by atoms with Crippen molar-refractivity contribution >= 4 is 10.0 Å². The number of methoxy groups -OCH3 is 1. The average molecular weight is 357 g/mol. The second-order valence-electron chi connectivity index (χ2n) is 5.98. The smallest absolute Gasteiger partial charge is 0.246 e. The molecule has 1 aliphatic rings. The summed E-state index contributed by atoms with van der Waals surface area (Å²) in [5.74, 6) is 0.108. The molecule has 1 fully saturated rings. The van der Waals surface area contributed by atoms with E-state index in [0.29, 0.717) is 12.1 Å². The highest BCUT2D eigenvalue weighted by atomic mass is 32.2. The lowest BCUT2D eigenvalue weighted by molar-refractivity contribution is 0.397. The standard InChI is InChI=1S/C18H19N3O3S/c1-24-17-9-13(10-19)7-8-18(17)25(22,23)21-11-15(16(20)12-21)14-5-3-2-4-6-14/h2-9,15-16H,11-12,20H2,1H3/t15-,16+/m0/s1. The molecule has 0 aromatic heterocycles. The van der Waals surface area contributed by atoms with Crippen molar-refractivity contribution in [3.63, 3.8) is 0 Å². The van der Waals surface area contributed by atoms with Crippen LogP contribution in [0.5, 0.6) is 5.75 Å². The number of hydrogen-bond donors (Lipinski definition) is 1. The van der Waals surface area contributed by atoms with E-state index in [9.17, 15) is 8.42 Å². The third-order valence-corrected chi connectivity index (χ3v) is 6.34. The van der Waals surface area contributed by atoms with Crippen LogP contribution in [0.25, 0.3) is 0 Å². The van der Waals surface area contributed by atoms with Gasteiger partial charge < -0.3 is 10.5 Å². The molecule has 0 bridgehead atoms. The highest BCUT2D eigenvalue weighted by Gasteiger charge is 2.39. The van der Waals surface area contributed by atoms with Crippen LogP contribution in [0.3, 0.4) is 0 Å². The molecule has 0 saturated carbocycles. The molecular formula is C18H19N3O3S. The third kappa shape index (κ3) is 3.24. The van der Waals surface area contributed by atoms with E-state index in [1.54, 1.807) is 0 Å². The van der Waals surface area contributed by atoms with E-state index in [1.165, 1.54) is 29.6 Å². The van der Waals surface area contributed by atoms with Gasteiger partial charge in [-0.2, -0.15) is 9.57 Å².